The van der Waals surface area contributed by atoms with Gasteiger partial charge in [-0.15, -0.1) is 0 Å². The van der Waals surface area contributed by atoms with Gasteiger partial charge >= 0.3 is 0 Å². The molecular formula is C12H16N2O. The topological polar surface area (TPSA) is 46.3 Å². The number of hydrogen-bond donors (Lipinski definition) is 1. The highest BCUT2D eigenvalue weighted by Gasteiger charge is 2.23. The van der Waals surface area contributed by atoms with Crippen LogP contribution in [0.2, 0.25) is 0 Å². The van der Waals surface area contributed by atoms with Gasteiger partial charge in [0.15, 0.2) is 0 Å². The fraction of sp³-hybridized carbons (Fsp3) is 0.417. The van der Waals surface area contributed by atoms with Crippen molar-refractivity contribution in [2.75, 3.05) is 11.4 Å². The first kappa shape index (κ1) is 10.0. The minimum absolute atomic E-state index is 0.200. The van der Waals surface area contributed by atoms with Crippen molar-refractivity contribution in [1.29, 1.82) is 0 Å². The van der Waals surface area contributed by atoms with Crippen LogP contribution in [0.4, 0.5) is 5.69 Å². The Hall–Kier alpha value is -1.51. The Bertz CT molecular complexity index is 376. The molecule has 0 bridgehead atoms. The van der Waals surface area contributed by atoms with Crippen molar-refractivity contribution >= 4 is 11.6 Å². The highest BCUT2D eigenvalue weighted by molar-refractivity contribution is 5.75. The second-order valence-electron chi connectivity index (χ2n) is 4.09. The standard InChI is InChI=1S/C12H16N2O/c1-9(8-12(13)15)14-7-6-10-4-2-3-5-11(10)14/h2-5,9H,6-8H2,1H3,(H2,13,15). The molecule has 2 N–H and O–H groups in total. The van der Waals surface area contributed by atoms with Gasteiger partial charge in [-0.3, -0.25) is 4.79 Å². The molecule has 0 saturated carbocycles. The van der Waals surface area contributed by atoms with E-state index in [1.54, 1.807) is 0 Å². The maximum absolute atomic E-state index is 10.9. The zero-order chi connectivity index (χ0) is 10.8. The summed E-state index contributed by atoms with van der Waals surface area (Å²) in [4.78, 5) is 13.1. The Morgan fingerprint density at radius 1 is 1.53 bits per heavy atom. The largest absolute Gasteiger partial charge is 0.370 e. The van der Waals surface area contributed by atoms with Crippen LogP contribution < -0.4 is 10.6 Å². The summed E-state index contributed by atoms with van der Waals surface area (Å²) >= 11 is 0. The van der Waals surface area contributed by atoms with Crippen LogP contribution in [0, 0.1) is 0 Å². The number of amides is 1. The van der Waals surface area contributed by atoms with Crippen LogP contribution in [0.3, 0.4) is 0 Å². The van der Waals surface area contributed by atoms with Crippen molar-refractivity contribution in [3.63, 3.8) is 0 Å². The molecule has 1 atom stereocenters. The summed E-state index contributed by atoms with van der Waals surface area (Å²) in [5, 5.41) is 0. The third-order valence-electron chi connectivity index (χ3n) is 2.95. The molecule has 0 aromatic heterocycles. The second-order valence-corrected chi connectivity index (χ2v) is 4.09. The molecule has 0 spiro atoms. The van der Waals surface area contributed by atoms with Gasteiger partial charge in [-0.25, -0.2) is 0 Å². The number of nitrogens with zero attached hydrogens (tertiary/aromatic N) is 1. The number of anilines is 1. The summed E-state index contributed by atoms with van der Waals surface area (Å²) in [7, 11) is 0. The molecule has 0 aliphatic carbocycles. The highest BCUT2D eigenvalue weighted by Crippen LogP contribution is 2.29. The fourth-order valence-corrected chi connectivity index (χ4v) is 2.22. The average Bonchev–Trinajstić information content (AvgIpc) is 2.59. The molecule has 3 heteroatoms. The van der Waals surface area contributed by atoms with E-state index in [2.05, 4.69) is 23.1 Å². The number of primary amides is 1. The third kappa shape index (κ3) is 1.96. The molecule has 1 amide bonds. The number of fused-ring (bicyclic) bond motifs is 1. The summed E-state index contributed by atoms with van der Waals surface area (Å²) in [5.41, 5.74) is 7.84. The van der Waals surface area contributed by atoms with E-state index in [-0.39, 0.29) is 11.9 Å². The molecule has 15 heavy (non-hydrogen) atoms. The van der Waals surface area contributed by atoms with Gasteiger partial charge in [-0.2, -0.15) is 0 Å². The molecule has 0 saturated heterocycles. The SMILES string of the molecule is CC(CC(N)=O)N1CCc2ccccc21. The Morgan fingerprint density at radius 3 is 3.00 bits per heavy atom. The molecule has 1 aliphatic heterocycles. The van der Waals surface area contributed by atoms with E-state index in [9.17, 15) is 4.79 Å². The van der Waals surface area contributed by atoms with Gasteiger partial charge < -0.3 is 10.6 Å². The Kier molecular flexibility index (Phi) is 2.62. The van der Waals surface area contributed by atoms with E-state index in [4.69, 9.17) is 5.73 Å². The van der Waals surface area contributed by atoms with Gasteiger partial charge in [0.2, 0.25) is 5.91 Å². The van der Waals surface area contributed by atoms with Crippen LogP contribution in [0.25, 0.3) is 0 Å². The van der Waals surface area contributed by atoms with Gasteiger partial charge in [0.05, 0.1) is 0 Å². The average molecular weight is 204 g/mol. The normalized spacial score (nSPS) is 16.2. The molecule has 80 valence electrons. The third-order valence-corrected chi connectivity index (χ3v) is 2.95. The molecule has 2 rings (SSSR count). The molecule has 1 aromatic carbocycles. The predicted molar refractivity (Wildman–Crippen MR) is 60.8 cm³/mol. The number of hydrogen-bond acceptors (Lipinski definition) is 2. The summed E-state index contributed by atoms with van der Waals surface area (Å²) in [6, 6.07) is 8.55. The van der Waals surface area contributed by atoms with Gasteiger partial charge in [0.1, 0.15) is 0 Å². The summed E-state index contributed by atoms with van der Waals surface area (Å²) in [6.07, 6.45) is 1.49. The zero-order valence-corrected chi connectivity index (χ0v) is 8.94. The maximum atomic E-state index is 10.9. The van der Waals surface area contributed by atoms with Gasteiger partial charge in [0, 0.05) is 24.7 Å². The smallest absolute Gasteiger partial charge is 0.219 e. The van der Waals surface area contributed by atoms with Crippen molar-refractivity contribution in [1.82, 2.24) is 0 Å². The summed E-state index contributed by atoms with van der Waals surface area (Å²) in [5.74, 6) is -0.230. The highest BCUT2D eigenvalue weighted by atomic mass is 16.1. The number of rotatable bonds is 3. The van der Waals surface area contributed by atoms with Crippen molar-refractivity contribution in [3.8, 4) is 0 Å². The van der Waals surface area contributed by atoms with Crippen LogP contribution >= 0.6 is 0 Å². The first-order chi connectivity index (χ1) is 7.18. The Balaban J connectivity index is 2.16. The molecule has 1 unspecified atom stereocenters. The van der Waals surface area contributed by atoms with E-state index in [0.717, 1.165) is 13.0 Å². The lowest BCUT2D eigenvalue weighted by atomic mass is 10.1. The molecule has 1 heterocycles. The molecule has 0 fully saturated rings. The Morgan fingerprint density at radius 2 is 2.27 bits per heavy atom. The maximum Gasteiger partial charge on any atom is 0.219 e. The predicted octanol–water partition coefficient (Wildman–Crippen LogP) is 1.31. The molecular weight excluding hydrogens is 188 g/mol. The molecule has 1 aromatic rings. The summed E-state index contributed by atoms with van der Waals surface area (Å²) in [6.45, 7) is 3.04. The van der Waals surface area contributed by atoms with Crippen LogP contribution in [-0.2, 0) is 11.2 Å². The second kappa shape index (κ2) is 3.93. The van der Waals surface area contributed by atoms with Gasteiger partial charge in [-0.1, -0.05) is 18.2 Å². The van der Waals surface area contributed by atoms with Crippen LogP contribution in [0.5, 0.6) is 0 Å². The minimum Gasteiger partial charge on any atom is -0.370 e. The molecule has 1 aliphatic rings. The van der Waals surface area contributed by atoms with Crippen molar-refractivity contribution in [2.45, 2.75) is 25.8 Å². The Labute approximate surface area is 89.9 Å². The quantitative estimate of drug-likeness (QED) is 0.807. The lowest BCUT2D eigenvalue weighted by molar-refractivity contribution is -0.118. The lowest BCUT2D eigenvalue weighted by Gasteiger charge is -2.26. The molecule has 3 nitrogen and oxygen atoms in total. The van der Waals surface area contributed by atoms with E-state index in [1.165, 1.54) is 11.3 Å². The summed E-state index contributed by atoms with van der Waals surface area (Å²) < 4.78 is 0. The minimum atomic E-state index is -0.230. The number of nitrogens with two attached hydrogens (primary N) is 1. The van der Waals surface area contributed by atoms with Crippen molar-refractivity contribution in [3.05, 3.63) is 29.8 Å². The number of para-hydroxylation sites is 1. The van der Waals surface area contributed by atoms with E-state index >= 15 is 0 Å². The van der Waals surface area contributed by atoms with Crippen LogP contribution in [0.1, 0.15) is 18.9 Å². The first-order valence-electron chi connectivity index (χ1n) is 5.31. The molecule has 0 radical (unpaired) electrons. The fourth-order valence-electron chi connectivity index (χ4n) is 2.22. The van der Waals surface area contributed by atoms with Crippen molar-refractivity contribution < 1.29 is 4.79 Å². The van der Waals surface area contributed by atoms with E-state index < -0.39 is 0 Å². The van der Waals surface area contributed by atoms with Crippen LogP contribution in [-0.4, -0.2) is 18.5 Å². The monoisotopic (exact) mass is 204 g/mol. The van der Waals surface area contributed by atoms with Crippen molar-refractivity contribution in [2.24, 2.45) is 5.73 Å². The number of carbonyl (C=O) groups is 1. The zero-order valence-electron chi connectivity index (χ0n) is 8.94. The first-order valence-corrected chi connectivity index (χ1v) is 5.31. The number of benzene rings is 1. The van der Waals surface area contributed by atoms with Gasteiger partial charge in [-0.05, 0) is 25.0 Å². The number of carbonyl (C=O) groups excluding carboxylic acids is 1. The lowest BCUT2D eigenvalue weighted by Crippen LogP contribution is -2.34. The van der Waals surface area contributed by atoms with E-state index in [1.807, 2.05) is 13.0 Å². The van der Waals surface area contributed by atoms with E-state index in [0.29, 0.717) is 6.42 Å². The van der Waals surface area contributed by atoms with Crippen LogP contribution in [0.15, 0.2) is 24.3 Å². The van der Waals surface area contributed by atoms with Gasteiger partial charge in [0.25, 0.3) is 0 Å².